The fourth-order valence-corrected chi connectivity index (χ4v) is 4.51. The Hall–Kier alpha value is -7.24. The first-order valence-electron chi connectivity index (χ1n) is 16.2. The second kappa shape index (κ2) is 18.8. The molecule has 280 valence electrons. The fourth-order valence-electron chi connectivity index (χ4n) is 4.51. The Balaban J connectivity index is 1.23. The first kappa shape index (κ1) is 39.5. The maximum atomic E-state index is 12.7. The van der Waals surface area contributed by atoms with Gasteiger partial charge in [-0.05, 0) is 59.2 Å². The Kier molecular flexibility index (Phi) is 13.8. The molecule has 0 unspecified atom stereocenters. The summed E-state index contributed by atoms with van der Waals surface area (Å²) in [6, 6.07) is 15.3. The van der Waals surface area contributed by atoms with Gasteiger partial charge in [0.2, 0.25) is 29.5 Å². The molecule has 0 atom stereocenters. The number of nitrogens with one attached hydrogen (secondary N) is 5. The van der Waals surface area contributed by atoms with Gasteiger partial charge in [-0.2, -0.15) is 0 Å². The molecule has 1 aromatic carbocycles. The molecule has 0 aliphatic rings. The number of pyridine rings is 2. The Bertz CT molecular complexity index is 2020. The van der Waals surface area contributed by atoms with Gasteiger partial charge in [0, 0.05) is 46.5 Å². The monoisotopic (exact) mass is 740 g/mol. The van der Waals surface area contributed by atoms with Crippen LogP contribution in [0.15, 0.2) is 70.1 Å². The highest BCUT2D eigenvalue weighted by atomic mass is 16.5. The molecule has 0 bridgehead atoms. The standard InChI is InChI=1S/C36H36N8O10/c1-20(45)39-29-13-25(14-30(43-29)40-21(2)46)18-52-34(49)11-12-37-35(50)28-9-10-33(54-28)38-17-24-5-7-27(8-6-24)36(51)53-19-26-15-31(41-22(3)47)44-32(16-26)42-23(4)48/h5-10,13-17H,11-12,18-19H2,1-4H3,(H,37,50)(H2,39,40,43,45,46)(H2,41,42,44,47,48). The van der Waals surface area contributed by atoms with Crippen LogP contribution in [0, 0.1) is 0 Å². The number of nitrogens with zero attached hydrogens (tertiary/aromatic N) is 3. The van der Waals surface area contributed by atoms with E-state index in [4.69, 9.17) is 13.9 Å². The summed E-state index contributed by atoms with van der Waals surface area (Å²) in [6.07, 6.45) is 1.32. The first-order chi connectivity index (χ1) is 25.7. The van der Waals surface area contributed by atoms with Crippen molar-refractivity contribution < 1.29 is 47.5 Å². The highest BCUT2D eigenvalue weighted by molar-refractivity contribution is 5.93. The average Bonchev–Trinajstić information content (AvgIpc) is 3.57. The van der Waals surface area contributed by atoms with Gasteiger partial charge >= 0.3 is 11.9 Å². The number of carbonyl (C=O) groups is 7. The SMILES string of the molecule is CC(=O)Nc1cc(COC(=O)CCNC(=O)c2ccc(N=Cc3ccc(C(=O)OCc4cc(NC(C)=O)nc(NC(C)=O)c4)cc3)o2)cc(NC(C)=O)n1. The average molecular weight is 741 g/mol. The van der Waals surface area contributed by atoms with E-state index in [-0.39, 0.29) is 90.3 Å². The van der Waals surface area contributed by atoms with Crippen LogP contribution < -0.4 is 26.6 Å². The summed E-state index contributed by atoms with van der Waals surface area (Å²) in [5.74, 6) is -2.45. The normalized spacial score (nSPS) is 10.6. The molecule has 54 heavy (non-hydrogen) atoms. The topological polar surface area (TPSA) is 249 Å². The van der Waals surface area contributed by atoms with Gasteiger partial charge in [-0.25, -0.2) is 19.8 Å². The highest BCUT2D eigenvalue weighted by Crippen LogP contribution is 2.19. The first-order valence-corrected chi connectivity index (χ1v) is 16.2. The molecule has 0 saturated carbocycles. The maximum Gasteiger partial charge on any atom is 0.338 e. The molecule has 0 aliphatic heterocycles. The predicted octanol–water partition coefficient (Wildman–Crippen LogP) is 3.87. The van der Waals surface area contributed by atoms with Gasteiger partial charge in [0.15, 0.2) is 5.76 Å². The number of hydrogen-bond donors (Lipinski definition) is 5. The molecule has 3 heterocycles. The molecule has 0 fully saturated rings. The molecule has 5 amide bonds. The Morgan fingerprint density at radius 2 is 1.15 bits per heavy atom. The number of aliphatic imine (C=N–C) groups is 1. The van der Waals surface area contributed by atoms with E-state index in [1.807, 2.05) is 0 Å². The van der Waals surface area contributed by atoms with E-state index in [1.54, 1.807) is 12.1 Å². The van der Waals surface area contributed by atoms with Gasteiger partial charge in [-0.15, -0.1) is 0 Å². The summed E-state index contributed by atoms with van der Waals surface area (Å²) in [4.78, 5) is 95.7. The van der Waals surface area contributed by atoms with Crippen molar-refractivity contribution in [2.75, 3.05) is 27.8 Å². The number of rotatable bonds is 15. The van der Waals surface area contributed by atoms with Crippen LogP contribution >= 0.6 is 0 Å². The maximum absolute atomic E-state index is 12.7. The number of furan rings is 1. The van der Waals surface area contributed by atoms with Crippen molar-refractivity contribution in [2.45, 2.75) is 47.3 Å². The number of carbonyl (C=O) groups excluding carboxylic acids is 7. The van der Waals surface area contributed by atoms with E-state index >= 15 is 0 Å². The van der Waals surface area contributed by atoms with Crippen LogP contribution in [0.1, 0.15) is 71.7 Å². The van der Waals surface area contributed by atoms with E-state index in [0.29, 0.717) is 16.7 Å². The molecular weight excluding hydrogens is 704 g/mol. The Morgan fingerprint density at radius 3 is 1.63 bits per heavy atom. The zero-order chi connectivity index (χ0) is 39.2. The second-order valence-corrected chi connectivity index (χ2v) is 11.5. The van der Waals surface area contributed by atoms with Crippen LogP contribution in [-0.4, -0.2) is 64.2 Å². The lowest BCUT2D eigenvalue weighted by Crippen LogP contribution is -2.26. The minimum absolute atomic E-state index is 0.0380. The Labute approximate surface area is 308 Å². The summed E-state index contributed by atoms with van der Waals surface area (Å²) in [6.45, 7) is 4.86. The van der Waals surface area contributed by atoms with Gasteiger partial charge in [-0.3, -0.25) is 28.8 Å². The van der Waals surface area contributed by atoms with E-state index in [1.165, 1.54) is 82.4 Å². The summed E-state index contributed by atoms with van der Waals surface area (Å²) in [5, 5.41) is 12.6. The van der Waals surface area contributed by atoms with E-state index < -0.39 is 17.8 Å². The summed E-state index contributed by atoms with van der Waals surface area (Å²) >= 11 is 0. The lowest BCUT2D eigenvalue weighted by atomic mass is 10.1. The Morgan fingerprint density at radius 1 is 0.667 bits per heavy atom. The van der Waals surface area contributed by atoms with Crippen molar-refractivity contribution in [1.29, 1.82) is 0 Å². The van der Waals surface area contributed by atoms with Crippen molar-refractivity contribution in [3.8, 4) is 0 Å². The van der Waals surface area contributed by atoms with Crippen molar-refractivity contribution in [3.05, 3.63) is 88.7 Å². The zero-order valence-electron chi connectivity index (χ0n) is 29.6. The summed E-state index contributed by atoms with van der Waals surface area (Å²) in [7, 11) is 0. The highest BCUT2D eigenvalue weighted by Gasteiger charge is 2.14. The van der Waals surface area contributed by atoms with Crippen molar-refractivity contribution in [1.82, 2.24) is 15.3 Å². The molecule has 0 aliphatic carbocycles. The van der Waals surface area contributed by atoms with Crippen molar-refractivity contribution in [2.24, 2.45) is 4.99 Å². The van der Waals surface area contributed by atoms with Gasteiger partial charge in [0.25, 0.3) is 5.91 Å². The summed E-state index contributed by atoms with van der Waals surface area (Å²) < 4.78 is 16.1. The van der Waals surface area contributed by atoms with Crippen molar-refractivity contribution >= 4 is 76.8 Å². The minimum Gasteiger partial charge on any atom is -0.461 e. The number of anilines is 4. The molecule has 0 spiro atoms. The van der Waals surface area contributed by atoms with Gasteiger partial charge in [0.1, 0.15) is 36.5 Å². The largest absolute Gasteiger partial charge is 0.461 e. The molecule has 5 N–H and O–H groups in total. The zero-order valence-corrected chi connectivity index (χ0v) is 29.6. The number of esters is 2. The lowest BCUT2D eigenvalue weighted by molar-refractivity contribution is -0.144. The molecule has 3 aromatic heterocycles. The van der Waals surface area contributed by atoms with Crippen LogP contribution in [-0.2, 0) is 46.7 Å². The third-order valence-electron chi connectivity index (χ3n) is 6.67. The number of hydrogen-bond acceptors (Lipinski definition) is 13. The van der Waals surface area contributed by atoms with Crippen LogP contribution in [0.2, 0.25) is 0 Å². The molecule has 0 radical (unpaired) electrons. The molecular formula is C36H36N8O10. The van der Waals surface area contributed by atoms with Gasteiger partial charge < -0.3 is 40.5 Å². The quantitative estimate of drug-likeness (QED) is 0.0861. The molecule has 4 rings (SSSR count). The van der Waals surface area contributed by atoms with Gasteiger partial charge in [-0.1, -0.05) is 12.1 Å². The lowest BCUT2D eigenvalue weighted by Gasteiger charge is -2.10. The van der Waals surface area contributed by atoms with E-state index in [9.17, 15) is 33.6 Å². The van der Waals surface area contributed by atoms with Crippen LogP contribution in [0.5, 0.6) is 0 Å². The third kappa shape index (κ3) is 13.1. The third-order valence-corrected chi connectivity index (χ3v) is 6.67. The van der Waals surface area contributed by atoms with Crippen LogP contribution in [0.25, 0.3) is 0 Å². The molecule has 0 saturated heterocycles. The molecule has 4 aromatic rings. The van der Waals surface area contributed by atoms with E-state index in [2.05, 4.69) is 41.5 Å². The minimum atomic E-state index is -0.615. The predicted molar refractivity (Wildman–Crippen MR) is 194 cm³/mol. The molecule has 18 heteroatoms. The smallest absolute Gasteiger partial charge is 0.338 e. The number of aromatic nitrogens is 2. The van der Waals surface area contributed by atoms with E-state index in [0.717, 1.165) is 0 Å². The van der Waals surface area contributed by atoms with Crippen LogP contribution in [0.4, 0.5) is 29.2 Å². The number of benzene rings is 1. The fraction of sp³-hybridized carbons (Fsp3) is 0.222. The van der Waals surface area contributed by atoms with Crippen LogP contribution in [0.3, 0.4) is 0 Å². The number of amides is 5. The van der Waals surface area contributed by atoms with Gasteiger partial charge in [0.05, 0.1) is 12.0 Å². The van der Waals surface area contributed by atoms with Crippen molar-refractivity contribution in [3.63, 3.8) is 0 Å². The summed E-state index contributed by atoms with van der Waals surface area (Å²) in [5.41, 5.74) is 1.83. The number of ether oxygens (including phenoxy) is 2. The molecule has 18 nitrogen and oxygen atoms in total. The second-order valence-electron chi connectivity index (χ2n) is 11.5.